The number of aromatic hydroxyl groups is 1. The van der Waals surface area contributed by atoms with Crippen molar-refractivity contribution >= 4 is 29.2 Å². The molecule has 5 nitrogen and oxygen atoms in total. The third-order valence-electron chi connectivity index (χ3n) is 4.77. The highest BCUT2D eigenvalue weighted by molar-refractivity contribution is 6.42. The van der Waals surface area contributed by atoms with Crippen LogP contribution in [0.15, 0.2) is 54.6 Å². The minimum atomic E-state index is -0.827. The summed E-state index contributed by atoms with van der Waals surface area (Å²) in [5.74, 6) is -0.735. The van der Waals surface area contributed by atoms with Gasteiger partial charge in [0.25, 0.3) is 0 Å². The molecule has 0 bridgehead atoms. The van der Waals surface area contributed by atoms with Gasteiger partial charge in [-0.25, -0.2) is 0 Å². The van der Waals surface area contributed by atoms with Gasteiger partial charge in [-0.2, -0.15) is 0 Å². The topological polar surface area (TPSA) is 76.0 Å². The van der Waals surface area contributed by atoms with Crippen molar-refractivity contribution in [2.45, 2.75) is 31.7 Å². The molecule has 2 aromatic carbocycles. The van der Waals surface area contributed by atoms with Crippen LogP contribution in [0.2, 0.25) is 10.0 Å². The highest BCUT2D eigenvalue weighted by Gasteiger charge is 2.35. The standard InChI is InChI=1S/C22H22Cl2O5/c23-17-10-6-9-16(20(17)24)22-28-13-14(7-2-1-3-12-19(26)27)21(29-22)15-8-4-5-11-18(15)25/h1-2,4-6,8-11,14,21-22,25H,3,7,12-13H2,(H,26,27)/t14-,21+,22?/m1/s1. The van der Waals surface area contributed by atoms with Crippen molar-refractivity contribution in [3.8, 4) is 5.75 Å². The molecule has 0 amide bonds. The molecule has 0 saturated carbocycles. The normalized spacial score (nSPS) is 22.1. The smallest absolute Gasteiger partial charge is 0.303 e. The lowest BCUT2D eigenvalue weighted by molar-refractivity contribution is -0.244. The number of aliphatic carboxylic acids is 1. The van der Waals surface area contributed by atoms with Crippen molar-refractivity contribution in [1.82, 2.24) is 0 Å². The predicted octanol–water partition coefficient (Wildman–Crippen LogP) is 5.91. The number of carboxylic acids is 1. The van der Waals surface area contributed by atoms with Gasteiger partial charge in [0, 0.05) is 23.5 Å². The van der Waals surface area contributed by atoms with Gasteiger partial charge in [0.2, 0.25) is 0 Å². The van der Waals surface area contributed by atoms with Crippen molar-refractivity contribution in [3.05, 3.63) is 75.8 Å². The fourth-order valence-electron chi connectivity index (χ4n) is 3.29. The van der Waals surface area contributed by atoms with Crippen molar-refractivity contribution in [1.29, 1.82) is 0 Å². The number of para-hydroxylation sites is 1. The number of ether oxygens (including phenoxy) is 2. The average molecular weight is 437 g/mol. The number of halogens is 2. The third-order valence-corrected chi connectivity index (χ3v) is 5.60. The Morgan fingerprint density at radius 1 is 1.10 bits per heavy atom. The molecule has 3 atom stereocenters. The molecule has 0 spiro atoms. The van der Waals surface area contributed by atoms with Crippen molar-refractivity contribution < 1.29 is 24.5 Å². The number of phenols is 1. The van der Waals surface area contributed by atoms with Gasteiger partial charge < -0.3 is 19.7 Å². The Labute approximate surface area is 179 Å². The van der Waals surface area contributed by atoms with E-state index in [1.165, 1.54) is 0 Å². The summed E-state index contributed by atoms with van der Waals surface area (Å²) in [4.78, 5) is 10.6. The Bertz CT molecular complexity index is 883. The second kappa shape index (κ2) is 10.1. The first-order valence-corrected chi connectivity index (χ1v) is 10.1. The fraction of sp³-hybridized carbons (Fsp3) is 0.318. The number of hydrogen-bond donors (Lipinski definition) is 2. The Morgan fingerprint density at radius 2 is 1.86 bits per heavy atom. The maximum atomic E-state index is 10.6. The first kappa shape index (κ1) is 21.7. The number of allylic oxidation sites excluding steroid dienone is 2. The molecule has 7 heteroatoms. The zero-order chi connectivity index (χ0) is 20.8. The molecule has 3 rings (SSSR count). The van der Waals surface area contributed by atoms with Gasteiger partial charge >= 0.3 is 5.97 Å². The van der Waals surface area contributed by atoms with Crippen LogP contribution in [-0.2, 0) is 14.3 Å². The Balaban J connectivity index is 1.80. The minimum absolute atomic E-state index is 0.0569. The van der Waals surface area contributed by atoms with Crippen LogP contribution in [0.1, 0.15) is 42.8 Å². The summed E-state index contributed by atoms with van der Waals surface area (Å²) in [5.41, 5.74) is 1.30. The summed E-state index contributed by atoms with van der Waals surface area (Å²) in [6.07, 6.45) is 3.81. The number of phenolic OH excluding ortho intramolecular Hbond substituents is 1. The molecule has 1 saturated heterocycles. The van der Waals surface area contributed by atoms with E-state index in [0.29, 0.717) is 40.6 Å². The lowest BCUT2D eigenvalue weighted by Gasteiger charge is -2.37. The summed E-state index contributed by atoms with van der Waals surface area (Å²) in [6, 6.07) is 12.3. The number of carbonyl (C=O) groups is 1. The molecule has 0 aliphatic carbocycles. The first-order chi connectivity index (χ1) is 14.0. The van der Waals surface area contributed by atoms with Crippen LogP contribution in [0.5, 0.6) is 5.75 Å². The van der Waals surface area contributed by atoms with Crippen molar-refractivity contribution in [3.63, 3.8) is 0 Å². The van der Waals surface area contributed by atoms with E-state index in [-0.39, 0.29) is 18.1 Å². The van der Waals surface area contributed by atoms with Crippen LogP contribution >= 0.6 is 23.2 Å². The Kier molecular flexibility index (Phi) is 7.56. The molecular formula is C22H22Cl2O5. The lowest BCUT2D eigenvalue weighted by Crippen LogP contribution is -2.30. The van der Waals surface area contributed by atoms with Gasteiger partial charge in [-0.3, -0.25) is 4.79 Å². The quantitative estimate of drug-likeness (QED) is 0.527. The van der Waals surface area contributed by atoms with Crippen molar-refractivity contribution in [2.75, 3.05) is 6.61 Å². The van der Waals surface area contributed by atoms with Crippen LogP contribution in [0.4, 0.5) is 0 Å². The predicted molar refractivity (Wildman–Crippen MR) is 111 cm³/mol. The first-order valence-electron chi connectivity index (χ1n) is 9.33. The van der Waals surface area contributed by atoms with Gasteiger partial charge in [0.1, 0.15) is 5.75 Å². The number of benzene rings is 2. The van der Waals surface area contributed by atoms with Crippen LogP contribution in [0, 0.1) is 5.92 Å². The maximum absolute atomic E-state index is 10.6. The summed E-state index contributed by atoms with van der Waals surface area (Å²) in [6.45, 7) is 0.385. The second-order valence-corrected chi connectivity index (χ2v) is 7.61. The van der Waals surface area contributed by atoms with E-state index in [0.717, 1.165) is 0 Å². The fourth-order valence-corrected chi connectivity index (χ4v) is 3.69. The van der Waals surface area contributed by atoms with E-state index >= 15 is 0 Å². The van der Waals surface area contributed by atoms with E-state index in [1.807, 2.05) is 24.3 Å². The summed E-state index contributed by atoms with van der Waals surface area (Å²) >= 11 is 12.5. The summed E-state index contributed by atoms with van der Waals surface area (Å²) in [7, 11) is 0. The summed E-state index contributed by atoms with van der Waals surface area (Å²) in [5, 5.41) is 19.9. The van der Waals surface area contributed by atoms with E-state index in [2.05, 4.69) is 0 Å². The maximum Gasteiger partial charge on any atom is 0.303 e. The molecule has 154 valence electrons. The van der Waals surface area contributed by atoms with Crippen LogP contribution in [0.25, 0.3) is 0 Å². The number of carboxylic acid groups (broad SMARTS) is 1. The SMILES string of the molecule is O=C(O)CCC=CC[C@@H]1COC(c2cccc(Cl)c2Cl)O[C@@H]1c1ccccc1O. The Hall–Kier alpha value is -2.05. The van der Waals surface area contributed by atoms with Gasteiger partial charge in [0.15, 0.2) is 6.29 Å². The Morgan fingerprint density at radius 3 is 2.62 bits per heavy atom. The molecule has 1 aliphatic heterocycles. The minimum Gasteiger partial charge on any atom is -0.508 e. The number of hydrogen-bond acceptors (Lipinski definition) is 4. The van der Waals surface area contributed by atoms with Gasteiger partial charge in [-0.15, -0.1) is 0 Å². The molecule has 0 aromatic heterocycles. The largest absolute Gasteiger partial charge is 0.508 e. The molecule has 1 heterocycles. The molecule has 1 fully saturated rings. The zero-order valence-electron chi connectivity index (χ0n) is 15.6. The molecule has 1 unspecified atom stereocenters. The van der Waals surface area contributed by atoms with E-state index < -0.39 is 18.4 Å². The molecule has 2 aromatic rings. The summed E-state index contributed by atoms with van der Waals surface area (Å²) < 4.78 is 12.2. The molecular weight excluding hydrogens is 415 g/mol. The van der Waals surface area contributed by atoms with E-state index in [9.17, 15) is 9.90 Å². The second-order valence-electron chi connectivity index (χ2n) is 6.82. The van der Waals surface area contributed by atoms with E-state index in [4.69, 9.17) is 37.8 Å². The molecule has 0 radical (unpaired) electrons. The van der Waals surface area contributed by atoms with Crippen LogP contribution in [0.3, 0.4) is 0 Å². The van der Waals surface area contributed by atoms with Gasteiger partial charge in [-0.05, 0) is 25.0 Å². The highest BCUT2D eigenvalue weighted by Crippen LogP contribution is 2.44. The monoisotopic (exact) mass is 436 g/mol. The molecule has 2 N–H and O–H groups in total. The lowest BCUT2D eigenvalue weighted by atomic mass is 9.91. The number of rotatable bonds is 7. The average Bonchev–Trinajstić information content (AvgIpc) is 2.70. The molecule has 1 aliphatic rings. The van der Waals surface area contributed by atoms with Crippen molar-refractivity contribution in [2.24, 2.45) is 5.92 Å². The highest BCUT2D eigenvalue weighted by atomic mass is 35.5. The van der Waals surface area contributed by atoms with Crippen LogP contribution in [-0.4, -0.2) is 22.8 Å². The van der Waals surface area contributed by atoms with Gasteiger partial charge in [0.05, 0.1) is 22.8 Å². The third kappa shape index (κ3) is 5.52. The zero-order valence-corrected chi connectivity index (χ0v) is 17.1. The van der Waals surface area contributed by atoms with Crippen LogP contribution < -0.4 is 0 Å². The molecule has 29 heavy (non-hydrogen) atoms. The van der Waals surface area contributed by atoms with E-state index in [1.54, 1.807) is 30.3 Å². The van der Waals surface area contributed by atoms with Gasteiger partial charge in [-0.1, -0.05) is 65.7 Å².